The average Bonchev–Trinajstić information content (AvgIpc) is 2.78. The van der Waals surface area contributed by atoms with Gasteiger partial charge in [-0.1, -0.05) is 24.3 Å². The van der Waals surface area contributed by atoms with Crippen LogP contribution in [0.1, 0.15) is 64.8 Å². The molecule has 2 aromatic carbocycles. The van der Waals surface area contributed by atoms with Gasteiger partial charge >= 0.3 is 12.2 Å². The smallest absolute Gasteiger partial charge is 0.408 e. The third-order valence-electron chi connectivity index (χ3n) is 4.79. The number of hydrogen-bond acceptors (Lipinski definition) is 7. The minimum atomic E-state index is -1.15. The molecule has 0 aliphatic heterocycles. The first-order valence-corrected chi connectivity index (χ1v) is 11.5. The van der Waals surface area contributed by atoms with E-state index in [1.165, 1.54) is 14.2 Å². The summed E-state index contributed by atoms with van der Waals surface area (Å²) >= 11 is 0. The molecule has 0 saturated carbocycles. The van der Waals surface area contributed by atoms with Gasteiger partial charge < -0.3 is 29.6 Å². The third-order valence-corrected chi connectivity index (χ3v) is 4.79. The van der Waals surface area contributed by atoms with Crippen LogP contribution in [-0.2, 0) is 14.3 Å². The maximum Gasteiger partial charge on any atom is 0.408 e. The van der Waals surface area contributed by atoms with Gasteiger partial charge in [0.1, 0.15) is 34.8 Å². The Balaban J connectivity index is 2.49. The lowest BCUT2D eigenvalue weighted by Crippen LogP contribution is -2.44. The van der Waals surface area contributed by atoms with Crippen molar-refractivity contribution in [1.82, 2.24) is 10.6 Å². The van der Waals surface area contributed by atoms with E-state index in [2.05, 4.69) is 10.6 Å². The largest absolute Gasteiger partial charge is 0.497 e. The molecule has 0 aliphatic rings. The summed E-state index contributed by atoms with van der Waals surface area (Å²) < 4.78 is 21.2. The molecule has 0 fully saturated rings. The first kappa shape index (κ1) is 28.5. The van der Waals surface area contributed by atoms with E-state index in [0.717, 1.165) is 0 Å². The highest BCUT2D eigenvalue weighted by atomic mass is 16.6. The van der Waals surface area contributed by atoms with Gasteiger partial charge in [-0.25, -0.2) is 9.59 Å². The molecule has 2 atom stereocenters. The normalized spacial score (nSPS) is 13.1. The topological polar surface area (TPSA) is 112 Å². The number of alkyl carbamates (subject to hydrolysis) is 2. The van der Waals surface area contributed by atoms with Crippen LogP contribution in [0.15, 0.2) is 48.5 Å². The van der Waals surface area contributed by atoms with E-state index in [0.29, 0.717) is 22.6 Å². The van der Waals surface area contributed by atoms with Crippen LogP contribution >= 0.6 is 0 Å². The number of rotatable bonds is 8. The third kappa shape index (κ3) is 8.79. The second kappa shape index (κ2) is 11.8. The highest BCUT2D eigenvalue weighted by molar-refractivity contribution is 5.95. The van der Waals surface area contributed by atoms with E-state index in [1.807, 2.05) is 0 Å². The fraction of sp³-hybridized carbons (Fsp3) is 0.444. The van der Waals surface area contributed by atoms with E-state index >= 15 is 0 Å². The summed E-state index contributed by atoms with van der Waals surface area (Å²) in [6.07, 6.45) is -1.55. The molecule has 9 heteroatoms. The Bertz CT molecular complexity index is 952. The maximum absolute atomic E-state index is 14.0. The lowest BCUT2D eigenvalue weighted by atomic mass is 9.93. The van der Waals surface area contributed by atoms with Gasteiger partial charge in [-0.15, -0.1) is 0 Å². The van der Waals surface area contributed by atoms with Gasteiger partial charge in [0, 0.05) is 0 Å². The second-order valence-corrected chi connectivity index (χ2v) is 10.1. The summed E-state index contributed by atoms with van der Waals surface area (Å²) in [7, 11) is 3.06. The zero-order valence-electron chi connectivity index (χ0n) is 22.1. The summed E-state index contributed by atoms with van der Waals surface area (Å²) in [5.41, 5.74) is -0.587. The number of ether oxygens (including phenoxy) is 4. The maximum atomic E-state index is 14.0. The monoisotopic (exact) mass is 500 g/mol. The highest BCUT2D eigenvalue weighted by Crippen LogP contribution is 2.27. The van der Waals surface area contributed by atoms with Crippen molar-refractivity contribution in [2.24, 2.45) is 0 Å². The fourth-order valence-electron chi connectivity index (χ4n) is 3.25. The van der Waals surface area contributed by atoms with Crippen molar-refractivity contribution in [3.8, 4) is 11.5 Å². The van der Waals surface area contributed by atoms with E-state index in [-0.39, 0.29) is 0 Å². The fourth-order valence-corrected chi connectivity index (χ4v) is 3.25. The van der Waals surface area contributed by atoms with E-state index in [4.69, 9.17) is 18.9 Å². The first-order valence-electron chi connectivity index (χ1n) is 11.5. The minimum absolute atomic E-state index is 0.483. The number of nitrogens with one attached hydrogen (secondary N) is 2. The molecule has 0 bridgehead atoms. The SMILES string of the molecule is COc1ccc([C@@H](NC(=O)OC(C)(C)C)C(=O)[C@H](NC(=O)OC(C)(C)C)c2ccc(OC)cc2)cc1. The van der Waals surface area contributed by atoms with Crippen LogP contribution in [0, 0.1) is 0 Å². The lowest BCUT2D eigenvalue weighted by Gasteiger charge is -2.28. The molecule has 2 aromatic rings. The Labute approximate surface area is 212 Å². The molecule has 2 rings (SSSR count). The van der Waals surface area contributed by atoms with Gasteiger partial charge in [0.05, 0.1) is 14.2 Å². The molecule has 0 saturated heterocycles. The molecule has 36 heavy (non-hydrogen) atoms. The van der Waals surface area contributed by atoms with Gasteiger partial charge in [0.15, 0.2) is 5.78 Å². The summed E-state index contributed by atoms with van der Waals surface area (Å²) in [4.78, 5) is 39.3. The molecule has 0 radical (unpaired) electrons. The predicted octanol–water partition coefficient (Wildman–Crippen LogP) is 5.10. The van der Waals surface area contributed by atoms with Crippen molar-refractivity contribution in [3.63, 3.8) is 0 Å². The second-order valence-electron chi connectivity index (χ2n) is 10.1. The number of hydrogen-bond donors (Lipinski definition) is 2. The number of carbonyl (C=O) groups excluding carboxylic acids is 3. The zero-order valence-corrected chi connectivity index (χ0v) is 22.1. The van der Waals surface area contributed by atoms with Crippen LogP contribution in [0.2, 0.25) is 0 Å². The highest BCUT2D eigenvalue weighted by Gasteiger charge is 2.34. The number of ketones is 1. The summed E-state index contributed by atoms with van der Waals surface area (Å²) in [5.74, 6) is 0.670. The van der Waals surface area contributed by atoms with Crippen LogP contribution in [0.3, 0.4) is 0 Å². The van der Waals surface area contributed by atoms with Crippen molar-refractivity contribution in [2.75, 3.05) is 14.2 Å². The molecule has 0 unspecified atom stereocenters. The van der Waals surface area contributed by atoms with Crippen molar-refractivity contribution >= 4 is 18.0 Å². The van der Waals surface area contributed by atoms with Crippen molar-refractivity contribution in [3.05, 3.63) is 59.7 Å². The Hall–Kier alpha value is -3.75. The summed E-state index contributed by atoms with van der Waals surface area (Å²) in [6.45, 7) is 10.3. The summed E-state index contributed by atoms with van der Waals surface area (Å²) in [6, 6.07) is 11.1. The number of benzene rings is 2. The number of amides is 2. The van der Waals surface area contributed by atoms with Gasteiger partial charge in [-0.3, -0.25) is 4.79 Å². The first-order chi connectivity index (χ1) is 16.7. The summed E-state index contributed by atoms with van der Waals surface area (Å²) in [5, 5.41) is 5.31. The van der Waals surface area contributed by atoms with Gasteiger partial charge in [0.25, 0.3) is 0 Å². The standard InChI is InChI=1S/C27H36N2O7/c1-26(2,3)35-24(31)28-21(17-9-13-19(33-7)14-10-17)23(30)22(29-25(32)36-27(4,5)6)18-11-15-20(34-8)16-12-18/h9-16,21-22H,1-8H3,(H,28,31)(H,29,32)/t21-,22-/m1/s1. The molecule has 2 amide bonds. The van der Waals surface area contributed by atoms with E-state index in [1.54, 1.807) is 90.1 Å². The van der Waals surface area contributed by atoms with Crippen LogP contribution in [0.4, 0.5) is 9.59 Å². The van der Waals surface area contributed by atoms with Crippen molar-refractivity contribution < 1.29 is 33.3 Å². The molecular weight excluding hydrogens is 464 g/mol. The number of Topliss-reactive ketones (excluding diaryl/α,β-unsaturated/α-hetero) is 1. The molecular formula is C27H36N2O7. The molecule has 2 N–H and O–H groups in total. The lowest BCUT2D eigenvalue weighted by molar-refractivity contribution is -0.123. The molecule has 0 spiro atoms. The average molecular weight is 501 g/mol. The van der Waals surface area contributed by atoms with Crippen LogP contribution < -0.4 is 20.1 Å². The number of methoxy groups -OCH3 is 2. The zero-order chi connectivity index (χ0) is 27.1. The Morgan fingerprint density at radius 2 is 0.917 bits per heavy atom. The van der Waals surface area contributed by atoms with E-state index in [9.17, 15) is 14.4 Å². The molecule has 9 nitrogen and oxygen atoms in total. The van der Waals surface area contributed by atoms with Gasteiger partial charge in [0.2, 0.25) is 0 Å². The van der Waals surface area contributed by atoms with Gasteiger partial charge in [-0.2, -0.15) is 0 Å². The van der Waals surface area contributed by atoms with Crippen LogP contribution in [-0.4, -0.2) is 43.4 Å². The molecule has 0 aliphatic carbocycles. The molecule has 0 heterocycles. The molecule has 196 valence electrons. The van der Waals surface area contributed by atoms with E-state index < -0.39 is 41.3 Å². The molecule has 0 aromatic heterocycles. The van der Waals surface area contributed by atoms with Crippen molar-refractivity contribution in [2.45, 2.75) is 64.8 Å². The van der Waals surface area contributed by atoms with Crippen molar-refractivity contribution in [1.29, 1.82) is 0 Å². The number of carbonyl (C=O) groups is 3. The minimum Gasteiger partial charge on any atom is -0.497 e. The Morgan fingerprint density at radius 3 is 1.17 bits per heavy atom. The van der Waals surface area contributed by atoms with Crippen LogP contribution in [0.25, 0.3) is 0 Å². The Morgan fingerprint density at radius 1 is 0.611 bits per heavy atom. The predicted molar refractivity (Wildman–Crippen MR) is 135 cm³/mol. The van der Waals surface area contributed by atoms with Gasteiger partial charge in [-0.05, 0) is 76.9 Å². The van der Waals surface area contributed by atoms with Crippen LogP contribution in [0.5, 0.6) is 11.5 Å². The quantitative estimate of drug-likeness (QED) is 0.518. The Kier molecular flexibility index (Phi) is 9.33.